The molecule has 0 amide bonds. The number of hydrogen-bond acceptors (Lipinski definition) is 1. The third kappa shape index (κ3) is 4.11. The first kappa shape index (κ1) is 30.2. The minimum absolute atomic E-state index is 0.167. The van der Waals surface area contributed by atoms with Gasteiger partial charge in [0.05, 0.1) is 0 Å². The highest BCUT2D eigenvalue weighted by Crippen LogP contribution is 2.45. The average Bonchev–Trinajstić information content (AvgIpc) is 3.52. The lowest BCUT2D eigenvalue weighted by Gasteiger charge is -2.29. The smallest absolute Gasteiger partial charge is 0.136 e. The molecule has 9 aromatic rings. The molecule has 8 aromatic carbocycles. The van der Waals surface area contributed by atoms with Gasteiger partial charge in [-0.15, -0.1) is 21.9 Å². The van der Waals surface area contributed by atoms with Crippen molar-refractivity contribution in [2.45, 2.75) is 0 Å². The van der Waals surface area contributed by atoms with Crippen LogP contribution in [0.2, 0.25) is 0 Å². The molecule has 0 saturated carbocycles. The van der Waals surface area contributed by atoms with Crippen LogP contribution >= 0.6 is 0 Å². The van der Waals surface area contributed by atoms with Crippen LogP contribution in [0.3, 0.4) is 0 Å². The maximum Gasteiger partial charge on any atom is 0.136 e. The van der Waals surface area contributed by atoms with Crippen LogP contribution in [0.15, 0.2) is 101 Å². The van der Waals surface area contributed by atoms with Crippen LogP contribution in [-0.2, 0) is 0 Å². The van der Waals surface area contributed by atoms with E-state index in [1.807, 2.05) is 60.7 Å². The van der Waals surface area contributed by atoms with E-state index < -0.39 is 0 Å². The van der Waals surface area contributed by atoms with Gasteiger partial charge in [0.25, 0.3) is 0 Å². The van der Waals surface area contributed by atoms with E-state index in [9.17, 15) is 0 Å². The van der Waals surface area contributed by atoms with Crippen LogP contribution in [0.1, 0.15) is 0 Å². The Morgan fingerprint density at radius 1 is 0.347 bits per heavy atom. The Kier molecular flexibility index (Phi) is 6.66. The van der Waals surface area contributed by atoms with Gasteiger partial charge in [0, 0.05) is 10.8 Å². The van der Waals surface area contributed by atoms with Crippen molar-refractivity contribution < 1.29 is 4.42 Å². The summed E-state index contributed by atoms with van der Waals surface area (Å²) in [4.78, 5) is 0. The van der Waals surface area contributed by atoms with Crippen molar-refractivity contribution in [1.82, 2.24) is 0 Å². The number of benzene rings is 8. The molecule has 0 fully saturated rings. The van der Waals surface area contributed by atoms with Crippen LogP contribution in [-0.4, -0.2) is 62.8 Å². The number of rotatable bonds is 2. The summed E-state index contributed by atoms with van der Waals surface area (Å²) in [6.45, 7) is 0. The second kappa shape index (κ2) is 10.8. The van der Waals surface area contributed by atoms with Gasteiger partial charge in [-0.1, -0.05) is 101 Å². The van der Waals surface area contributed by atoms with Crippen molar-refractivity contribution in [3.05, 3.63) is 97.1 Å². The molecule has 49 heavy (non-hydrogen) atoms. The molecule has 0 aliphatic carbocycles. The number of para-hydroxylation sites is 1. The number of hydrogen-bond donors (Lipinski definition) is 0. The molecule has 206 valence electrons. The van der Waals surface area contributed by atoms with Crippen molar-refractivity contribution >= 4 is 172 Å². The molecule has 0 aliphatic heterocycles. The first-order valence-electron chi connectivity index (χ1n) is 15.8. The lowest BCUT2D eigenvalue weighted by atomic mass is 9.59. The monoisotopic (exact) mass is 600 g/mol. The lowest BCUT2D eigenvalue weighted by molar-refractivity contribution is 0.669. The van der Waals surface area contributed by atoms with Crippen LogP contribution in [0.4, 0.5) is 0 Å². The van der Waals surface area contributed by atoms with Crippen LogP contribution in [0, 0.1) is 0 Å². The minimum Gasteiger partial charge on any atom is -0.456 e. The van der Waals surface area contributed by atoms with Gasteiger partial charge < -0.3 is 4.42 Å². The molecule has 9 rings (SSSR count). The molecule has 1 aromatic heterocycles. The standard InChI is InChI=1S/C40H16B8O/c41-33-29-26(19-15-14-18-13-12-17-6-1-2-7-20(17)23(18)16-19)30-32(36(44)40(48)38(46)34(30)42)28(31(29)35(43)39(47)37(33)45)22-9-5-11-25-27(22)21-8-3-4-10-24(21)49-25/h1-16H. The van der Waals surface area contributed by atoms with E-state index in [-0.39, 0.29) is 43.7 Å². The quantitative estimate of drug-likeness (QED) is 0.168. The normalized spacial score (nSPS) is 11.9. The third-order valence-electron chi connectivity index (χ3n) is 10.0. The maximum absolute atomic E-state index is 7.01. The summed E-state index contributed by atoms with van der Waals surface area (Å²) in [5.41, 5.74) is 6.00. The number of fused-ring (bicyclic) bond motifs is 8. The van der Waals surface area contributed by atoms with Crippen LogP contribution in [0.5, 0.6) is 0 Å². The highest BCUT2D eigenvalue weighted by molar-refractivity contribution is 6.71. The van der Waals surface area contributed by atoms with E-state index >= 15 is 0 Å². The van der Waals surface area contributed by atoms with Gasteiger partial charge in [-0.2, -0.15) is 0 Å². The summed E-state index contributed by atoms with van der Waals surface area (Å²) < 4.78 is 6.30. The molecular formula is C40H16B8O. The second-order valence-electron chi connectivity index (χ2n) is 12.6. The van der Waals surface area contributed by atoms with Gasteiger partial charge >= 0.3 is 0 Å². The highest BCUT2D eigenvalue weighted by Gasteiger charge is 2.26. The van der Waals surface area contributed by atoms with Gasteiger partial charge in [-0.05, 0) is 83.5 Å². The maximum atomic E-state index is 7.01. The first-order chi connectivity index (χ1) is 23.7. The van der Waals surface area contributed by atoms with Gasteiger partial charge in [-0.25, -0.2) is 0 Å². The molecule has 0 unspecified atom stereocenters. The predicted molar refractivity (Wildman–Crippen MR) is 218 cm³/mol. The van der Waals surface area contributed by atoms with E-state index in [4.69, 9.17) is 67.2 Å². The molecule has 0 saturated heterocycles. The SMILES string of the molecule is [B]c1c([B])c([B])c2c(-c3cccc4oc5ccccc5c34)c3c([B])c([B])c([B])c([B])c3c(-c3ccc4ccc5ccccc5c4c3)c2c1[B]. The van der Waals surface area contributed by atoms with E-state index in [0.717, 1.165) is 49.0 Å². The Bertz CT molecular complexity index is 2850. The molecule has 1 nitrogen and oxygen atoms in total. The molecule has 0 aliphatic rings. The fraction of sp³-hybridized carbons (Fsp3) is 0. The van der Waals surface area contributed by atoms with Crippen LogP contribution < -0.4 is 43.7 Å². The van der Waals surface area contributed by atoms with Crippen LogP contribution in [0.25, 0.3) is 87.3 Å². The summed E-state index contributed by atoms with van der Waals surface area (Å²) in [5, 5.41) is 8.36. The Morgan fingerprint density at radius 2 is 0.837 bits per heavy atom. The van der Waals surface area contributed by atoms with E-state index in [1.54, 1.807) is 0 Å². The summed E-state index contributed by atoms with van der Waals surface area (Å²) in [7, 11) is 54.5. The van der Waals surface area contributed by atoms with Crippen molar-refractivity contribution in [3.8, 4) is 22.3 Å². The predicted octanol–water partition coefficient (Wildman–Crippen LogP) is 1.88. The molecule has 9 heteroatoms. The topological polar surface area (TPSA) is 13.1 Å². The van der Waals surface area contributed by atoms with Crippen molar-refractivity contribution in [2.24, 2.45) is 0 Å². The van der Waals surface area contributed by atoms with Gasteiger partial charge in [0.1, 0.15) is 73.9 Å². The van der Waals surface area contributed by atoms with E-state index in [0.29, 0.717) is 38.3 Å². The zero-order valence-corrected chi connectivity index (χ0v) is 26.3. The van der Waals surface area contributed by atoms with Crippen molar-refractivity contribution in [3.63, 3.8) is 0 Å². The molecule has 1 heterocycles. The summed E-state index contributed by atoms with van der Waals surface area (Å²) in [5.74, 6) is 0. The summed E-state index contributed by atoms with van der Waals surface area (Å²) in [6.07, 6.45) is 0. The van der Waals surface area contributed by atoms with Gasteiger partial charge in [-0.3, -0.25) is 0 Å². The summed E-state index contributed by atoms with van der Waals surface area (Å²) in [6, 6.07) is 32.3. The molecule has 0 atom stereocenters. The fourth-order valence-electron chi connectivity index (χ4n) is 7.64. The zero-order chi connectivity index (χ0) is 33.9. The van der Waals surface area contributed by atoms with Crippen molar-refractivity contribution in [2.75, 3.05) is 0 Å². The molecule has 0 spiro atoms. The highest BCUT2D eigenvalue weighted by atomic mass is 16.3. The fourth-order valence-corrected chi connectivity index (χ4v) is 7.64. The summed E-state index contributed by atoms with van der Waals surface area (Å²) >= 11 is 0. The molecule has 16 radical (unpaired) electrons. The lowest BCUT2D eigenvalue weighted by Crippen LogP contribution is -2.50. The minimum atomic E-state index is 0.167. The second-order valence-corrected chi connectivity index (χ2v) is 12.6. The average molecular weight is 599 g/mol. The number of furan rings is 1. The zero-order valence-electron chi connectivity index (χ0n) is 26.3. The van der Waals surface area contributed by atoms with Gasteiger partial charge in [0.15, 0.2) is 0 Å². The Hall–Kier alpha value is -4.88. The Labute approximate surface area is 294 Å². The van der Waals surface area contributed by atoms with E-state index in [2.05, 4.69) is 36.4 Å². The largest absolute Gasteiger partial charge is 0.456 e. The van der Waals surface area contributed by atoms with Gasteiger partial charge in [0.2, 0.25) is 0 Å². The van der Waals surface area contributed by atoms with Crippen molar-refractivity contribution in [1.29, 1.82) is 0 Å². The first-order valence-corrected chi connectivity index (χ1v) is 15.8. The molecular weight excluding hydrogens is 583 g/mol. The molecule has 0 N–H and O–H groups in total. The molecule has 0 bridgehead atoms. The Morgan fingerprint density at radius 3 is 1.47 bits per heavy atom. The Balaban J connectivity index is 1.59. The van der Waals surface area contributed by atoms with E-state index in [1.165, 1.54) is 0 Å². The third-order valence-corrected chi connectivity index (χ3v) is 10.0.